The summed E-state index contributed by atoms with van der Waals surface area (Å²) >= 11 is 0. The van der Waals surface area contributed by atoms with Crippen LogP contribution in [0, 0.1) is 6.92 Å². The Hall–Kier alpha value is -2.90. The van der Waals surface area contributed by atoms with E-state index in [4.69, 9.17) is 0 Å². The highest BCUT2D eigenvalue weighted by molar-refractivity contribution is 5.90. The first-order valence-electron chi connectivity index (χ1n) is 7.75. The van der Waals surface area contributed by atoms with Crippen LogP contribution < -0.4 is 11.0 Å². The molecule has 0 atom stereocenters. The highest BCUT2D eigenvalue weighted by Crippen LogP contribution is 2.25. The number of hydrogen-bond donors (Lipinski definition) is 1. The molecule has 8 heteroatoms. The van der Waals surface area contributed by atoms with E-state index in [2.05, 4.69) is 15.4 Å². The Labute approximate surface area is 138 Å². The number of carbonyl (C=O) groups is 1. The molecule has 0 aliphatic carbocycles. The monoisotopic (exact) mass is 328 g/mol. The summed E-state index contributed by atoms with van der Waals surface area (Å²) in [6.07, 6.45) is 1.85. The molecule has 0 fully saturated rings. The van der Waals surface area contributed by atoms with Gasteiger partial charge in [0.05, 0.1) is 5.69 Å². The summed E-state index contributed by atoms with van der Waals surface area (Å²) in [5.41, 5.74) is 1.26. The van der Waals surface area contributed by atoms with Crippen LogP contribution in [-0.4, -0.2) is 29.6 Å². The molecule has 24 heavy (non-hydrogen) atoms. The first kappa shape index (κ1) is 16.0. The molecule has 0 aromatic carbocycles. The van der Waals surface area contributed by atoms with Gasteiger partial charge in [-0.15, -0.1) is 0 Å². The van der Waals surface area contributed by atoms with Gasteiger partial charge in [0.2, 0.25) is 5.91 Å². The van der Waals surface area contributed by atoms with Gasteiger partial charge in [-0.3, -0.25) is 13.8 Å². The smallest absolute Gasteiger partial charge is 0.309 e. The summed E-state index contributed by atoms with van der Waals surface area (Å²) in [5.74, 6) is 1.03. The molecule has 8 nitrogen and oxygen atoms in total. The topological polar surface area (TPSA) is 86.2 Å². The van der Waals surface area contributed by atoms with Crippen LogP contribution in [0.1, 0.15) is 31.3 Å². The van der Waals surface area contributed by atoms with Gasteiger partial charge in [-0.1, -0.05) is 19.9 Å². The van der Waals surface area contributed by atoms with Crippen LogP contribution in [0.3, 0.4) is 0 Å². The molecule has 0 saturated carbocycles. The molecule has 0 radical (unpaired) electrons. The van der Waals surface area contributed by atoms with E-state index in [0.29, 0.717) is 11.6 Å². The second-order valence-electron chi connectivity index (χ2n) is 6.02. The predicted molar refractivity (Wildman–Crippen MR) is 90.1 cm³/mol. The summed E-state index contributed by atoms with van der Waals surface area (Å²) in [6.45, 7) is 5.61. The lowest BCUT2D eigenvalue weighted by molar-refractivity contribution is -0.117. The first-order chi connectivity index (χ1) is 11.4. The molecule has 0 saturated heterocycles. The molecule has 3 aromatic rings. The maximum Gasteiger partial charge on any atom is 0.346 e. The van der Waals surface area contributed by atoms with Crippen molar-refractivity contribution < 1.29 is 4.79 Å². The minimum absolute atomic E-state index is 0.141. The van der Waals surface area contributed by atoms with Gasteiger partial charge in [0.1, 0.15) is 23.8 Å². The molecule has 3 aromatic heterocycles. The summed E-state index contributed by atoms with van der Waals surface area (Å²) in [7, 11) is 1.63. The second-order valence-corrected chi connectivity index (χ2v) is 6.02. The molecule has 0 aliphatic rings. The van der Waals surface area contributed by atoms with E-state index in [-0.39, 0.29) is 24.1 Å². The Morgan fingerprint density at radius 1 is 1.33 bits per heavy atom. The Morgan fingerprint density at radius 3 is 2.71 bits per heavy atom. The van der Waals surface area contributed by atoms with E-state index < -0.39 is 0 Å². The van der Waals surface area contributed by atoms with Crippen molar-refractivity contribution in [3.8, 4) is 0 Å². The number of anilines is 1. The van der Waals surface area contributed by atoms with Gasteiger partial charge < -0.3 is 5.32 Å². The fraction of sp³-hybridized carbons (Fsp3) is 0.375. The lowest BCUT2D eigenvalue weighted by Crippen LogP contribution is -2.29. The molecule has 0 bridgehead atoms. The minimum atomic E-state index is -0.317. The number of pyridine rings is 1. The van der Waals surface area contributed by atoms with Crippen molar-refractivity contribution >= 4 is 17.4 Å². The van der Waals surface area contributed by atoms with Crippen molar-refractivity contribution in [3.63, 3.8) is 0 Å². The van der Waals surface area contributed by atoms with Crippen LogP contribution in [-0.2, 0) is 18.4 Å². The van der Waals surface area contributed by atoms with Crippen molar-refractivity contribution in [2.24, 2.45) is 7.05 Å². The van der Waals surface area contributed by atoms with E-state index in [1.807, 2.05) is 42.6 Å². The summed E-state index contributed by atoms with van der Waals surface area (Å²) in [6, 6.07) is 5.66. The second kappa shape index (κ2) is 5.95. The Bertz CT molecular complexity index is 963. The van der Waals surface area contributed by atoms with Crippen molar-refractivity contribution in [1.29, 1.82) is 0 Å². The van der Waals surface area contributed by atoms with Gasteiger partial charge in [-0.05, 0) is 25.0 Å². The van der Waals surface area contributed by atoms with Gasteiger partial charge in [-0.25, -0.2) is 14.5 Å². The zero-order chi connectivity index (χ0) is 17.4. The normalized spacial score (nSPS) is 11.4. The van der Waals surface area contributed by atoms with E-state index in [9.17, 15) is 9.59 Å². The van der Waals surface area contributed by atoms with Crippen LogP contribution in [0.4, 0.5) is 5.82 Å². The Balaban J connectivity index is 1.91. The average Bonchev–Trinajstić information content (AvgIpc) is 3.01. The summed E-state index contributed by atoms with van der Waals surface area (Å²) in [4.78, 5) is 29.0. The lowest BCUT2D eigenvalue weighted by atomic mass is 10.1. The number of aromatic nitrogens is 5. The van der Waals surface area contributed by atoms with E-state index >= 15 is 0 Å². The Morgan fingerprint density at radius 2 is 2.08 bits per heavy atom. The molecule has 0 aliphatic heterocycles. The fourth-order valence-electron chi connectivity index (χ4n) is 2.55. The summed E-state index contributed by atoms with van der Waals surface area (Å²) < 4.78 is 4.39. The van der Waals surface area contributed by atoms with E-state index in [0.717, 1.165) is 16.0 Å². The summed E-state index contributed by atoms with van der Waals surface area (Å²) in [5, 5.41) is 6.95. The average molecular weight is 328 g/mol. The number of hydrogen-bond acceptors (Lipinski definition) is 4. The molecule has 1 amide bonds. The van der Waals surface area contributed by atoms with Crippen LogP contribution in [0.5, 0.6) is 0 Å². The fourth-order valence-corrected chi connectivity index (χ4v) is 2.55. The zero-order valence-corrected chi connectivity index (χ0v) is 14.1. The number of aryl methyl sites for hydroxylation is 1. The zero-order valence-electron chi connectivity index (χ0n) is 14.1. The van der Waals surface area contributed by atoms with Crippen molar-refractivity contribution in [2.45, 2.75) is 33.2 Å². The number of nitrogens with one attached hydrogen (secondary N) is 1. The highest BCUT2D eigenvalue weighted by Gasteiger charge is 2.18. The van der Waals surface area contributed by atoms with Crippen LogP contribution in [0.15, 0.2) is 29.2 Å². The van der Waals surface area contributed by atoms with Crippen LogP contribution in [0.25, 0.3) is 5.65 Å². The van der Waals surface area contributed by atoms with Gasteiger partial charge >= 0.3 is 5.69 Å². The van der Waals surface area contributed by atoms with Gasteiger partial charge in [0, 0.05) is 13.2 Å². The van der Waals surface area contributed by atoms with Crippen LogP contribution in [0.2, 0.25) is 0 Å². The first-order valence-corrected chi connectivity index (χ1v) is 7.75. The molecule has 126 valence electrons. The van der Waals surface area contributed by atoms with Crippen LogP contribution >= 0.6 is 0 Å². The standard InChI is InChI=1S/C16H20N6O2/c1-10(2)14-15(21-8-6-5-7-12(21)17-14)18-13(23)9-22-16(24)20(4)11(3)19-22/h5-8,10H,9H2,1-4H3,(H,18,23). The molecule has 1 N–H and O–H groups in total. The van der Waals surface area contributed by atoms with Crippen molar-refractivity contribution in [2.75, 3.05) is 5.32 Å². The van der Waals surface area contributed by atoms with E-state index in [1.165, 1.54) is 4.57 Å². The largest absolute Gasteiger partial charge is 0.346 e. The number of carbonyl (C=O) groups excluding carboxylic acids is 1. The number of imidazole rings is 1. The maximum absolute atomic E-state index is 12.4. The molecule has 0 spiro atoms. The third kappa shape index (κ3) is 2.70. The van der Waals surface area contributed by atoms with Gasteiger partial charge in [-0.2, -0.15) is 5.10 Å². The number of amides is 1. The Kier molecular flexibility index (Phi) is 3.96. The van der Waals surface area contributed by atoms with Gasteiger partial charge in [0.15, 0.2) is 0 Å². The third-order valence-electron chi connectivity index (χ3n) is 3.91. The minimum Gasteiger partial charge on any atom is -0.309 e. The highest BCUT2D eigenvalue weighted by atomic mass is 16.2. The molecular formula is C16H20N6O2. The van der Waals surface area contributed by atoms with Crippen molar-refractivity contribution in [3.05, 3.63) is 46.4 Å². The molecule has 3 rings (SSSR count). The molecular weight excluding hydrogens is 308 g/mol. The predicted octanol–water partition coefficient (Wildman–Crippen LogP) is 1.30. The number of rotatable bonds is 4. The molecule has 0 unspecified atom stereocenters. The number of fused-ring (bicyclic) bond motifs is 1. The molecule has 3 heterocycles. The van der Waals surface area contributed by atoms with Crippen molar-refractivity contribution in [1.82, 2.24) is 23.7 Å². The quantitative estimate of drug-likeness (QED) is 0.782. The third-order valence-corrected chi connectivity index (χ3v) is 3.91. The maximum atomic E-state index is 12.4. The SMILES string of the molecule is Cc1nn(CC(=O)Nc2c(C(C)C)nc3ccccn23)c(=O)n1C. The van der Waals surface area contributed by atoms with E-state index in [1.54, 1.807) is 14.0 Å². The van der Waals surface area contributed by atoms with Gasteiger partial charge in [0.25, 0.3) is 0 Å². The number of nitrogens with zero attached hydrogens (tertiary/aromatic N) is 5. The lowest BCUT2D eigenvalue weighted by Gasteiger charge is -2.09.